The quantitative estimate of drug-likeness (QED) is 0.556. The number of nitrogens with two attached hydrogens (primary N) is 1. The van der Waals surface area contributed by atoms with Crippen LogP contribution in [0.15, 0.2) is 30.3 Å². The van der Waals surface area contributed by atoms with Gasteiger partial charge in [-0.25, -0.2) is 4.79 Å². The Hall–Kier alpha value is -1.60. The maximum absolute atomic E-state index is 11.1. The van der Waals surface area contributed by atoms with Gasteiger partial charge in [0.25, 0.3) is 0 Å². The summed E-state index contributed by atoms with van der Waals surface area (Å²) in [6.07, 6.45) is 0. The molecule has 1 aromatic carbocycles. The van der Waals surface area contributed by atoms with Crippen LogP contribution in [0.5, 0.6) is 0 Å². The molecule has 7 heteroatoms. The number of carbonyl (C=O) groups is 2. The highest BCUT2D eigenvalue weighted by Crippen LogP contribution is 2.03. The van der Waals surface area contributed by atoms with Crippen LogP contribution in [-0.4, -0.2) is 22.7 Å². The van der Waals surface area contributed by atoms with Crippen molar-refractivity contribution in [1.82, 2.24) is 10.0 Å². The van der Waals surface area contributed by atoms with Crippen molar-refractivity contribution >= 4 is 41.1 Å². The minimum Gasteiger partial charge on any atom is -0.351 e. The minimum atomic E-state index is -0.860. The Morgan fingerprint density at radius 2 is 1.94 bits per heavy atom. The molecule has 0 saturated carbocycles. The van der Waals surface area contributed by atoms with Crippen molar-refractivity contribution in [3.63, 3.8) is 0 Å². The summed E-state index contributed by atoms with van der Waals surface area (Å²) in [6.45, 7) is 0. The molecule has 1 rings (SSSR count). The van der Waals surface area contributed by atoms with Gasteiger partial charge in [-0.05, 0) is 11.9 Å². The second-order valence-corrected chi connectivity index (χ2v) is 4.19. The van der Waals surface area contributed by atoms with Gasteiger partial charge in [0.1, 0.15) is 4.99 Å². The maximum Gasteiger partial charge on any atom is 0.318 e. The molecule has 3 amide bonds. The fourth-order valence-corrected chi connectivity index (χ4v) is 1.83. The van der Waals surface area contributed by atoms with Crippen molar-refractivity contribution in [1.29, 1.82) is 0 Å². The highest BCUT2D eigenvalue weighted by molar-refractivity contribution is 7.99. The molecule has 0 aliphatic rings. The van der Waals surface area contributed by atoms with Gasteiger partial charge in [0.05, 0.1) is 5.75 Å². The largest absolute Gasteiger partial charge is 0.351 e. The Balaban J connectivity index is 2.30. The molecule has 5 nitrogen and oxygen atoms in total. The molecule has 0 heterocycles. The second kappa shape index (κ2) is 6.87. The Morgan fingerprint density at radius 1 is 1.29 bits per heavy atom. The van der Waals surface area contributed by atoms with Crippen LogP contribution in [0.2, 0.25) is 0 Å². The van der Waals surface area contributed by atoms with Crippen molar-refractivity contribution in [3.8, 4) is 0 Å². The molecule has 0 saturated heterocycles. The number of carbonyl (C=O) groups excluding carboxylic acids is 2. The number of nitrogens with one attached hydrogen (secondary N) is 2. The predicted octanol–water partition coefficient (Wildman–Crippen LogP) is 0.795. The molecule has 0 radical (unpaired) electrons. The third-order valence-corrected chi connectivity index (χ3v) is 2.89. The number of primary amides is 1. The molecule has 90 valence electrons. The van der Waals surface area contributed by atoms with Crippen LogP contribution in [0.25, 0.3) is 0 Å². The zero-order chi connectivity index (χ0) is 12.7. The normalized spacial score (nSPS) is 9.41. The fraction of sp³-hybridized carbons (Fsp3) is 0.100. The SMILES string of the molecule is NC(=O)NC(=O)CSNC(=S)c1ccccc1. The highest BCUT2D eigenvalue weighted by Gasteiger charge is 2.05. The van der Waals surface area contributed by atoms with Crippen molar-refractivity contribution in [2.45, 2.75) is 0 Å². The van der Waals surface area contributed by atoms with E-state index in [1.165, 1.54) is 0 Å². The first-order valence-corrected chi connectivity index (χ1v) is 6.05. The lowest BCUT2D eigenvalue weighted by Crippen LogP contribution is -2.36. The van der Waals surface area contributed by atoms with Crippen molar-refractivity contribution in [2.75, 3.05) is 5.75 Å². The highest BCUT2D eigenvalue weighted by atomic mass is 32.2. The Bertz CT molecular complexity index is 423. The van der Waals surface area contributed by atoms with E-state index in [0.717, 1.165) is 17.5 Å². The Labute approximate surface area is 108 Å². The lowest BCUT2D eigenvalue weighted by Gasteiger charge is -2.06. The summed E-state index contributed by atoms with van der Waals surface area (Å²) in [5, 5.41) is 1.95. The number of benzene rings is 1. The first-order valence-electron chi connectivity index (χ1n) is 4.66. The lowest BCUT2D eigenvalue weighted by atomic mass is 10.2. The van der Waals surface area contributed by atoms with Crippen molar-refractivity contribution in [2.24, 2.45) is 5.73 Å². The Kier molecular flexibility index (Phi) is 5.44. The molecular formula is C10H11N3O2S2. The molecule has 4 N–H and O–H groups in total. The molecule has 17 heavy (non-hydrogen) atoms. The van der Waals surface area contributed by atoms with Crippen molar-refractivity contribution in [3.05, 3.63) is 35.9 Å². The zero-order valence-electron chi connectivity index (χ0n) is 8.80. The summed E-state index contributed by atoms with van der Waals surface area (Å²) < 4.78 is 2.84. The van der Waals surface area contributed by atoms with Crippen LogP contribution in [0.3, 0.4) is 0 Å². The van der Waals surface area contributed by atoms with Crippen LogP contribution in [0, 0.1) is 0 Å². The van der Waals surface area contributed by atoms with Crippen LogP contribution in [-0.2, 0) is 4.79 Å². The number of amides is 3. The van der Waals surface area contributed by atoms with E-state index in [2.05, 4.69) is 4.72 Å². The topological polar surface area (TPSA) is 84.2 Å². The molecule has 0 unspecified atom stereocenters. The summed E-state index contributed by atoms with van der Waals surface area (Å²) in [4.78, 5) is 21.9. The number of imide groups is 1. The van der Waals surface area contributed by atoms with E-state index in [0.29, 0.717) is 4.99 Å². The van der Waals surface area contributed by atoms with Gasteiger partial charge in [0, 0.05) is 5.56 Å². The van der Waals surface area contributed by atoms with Crippen LogP contribution < -0.4 is 15.8 Å². The molecular weight excluding hydrogens is 258 g/mol. The summed E-state index contributed by atoms with van der Waals surface area (Å²) in [5.41, 5.74) is 5.66. The van der Waals surface area contributed by atoms with E-state index in [-0.39, 0.29) is 5.75 Å². The number of hydrogen-bond acceptors (Lipinski definition) is 4. The smallest absolute Gasteiger partial charge is 0.318 e. The summed E-state index contributed by atoms with van der Waals surface area (Å²) in [5.74, 6) is -0.415. The van der Waals surface area contributed by atoms with E-state index in [1.54, 1.807) is 0 Å². The van der Waals surface area contributed by atoms with Gasteiger partial charge >= 0.3 is 6.03 Å². The molecule has 0 aromatic heterocycles. The lowest BCUT2D eigenvalue weighted by molar-refractivity contribution is -0.117. The van der Waals surface area contributed by atoms with Gasteiger partial charge in [-0.15, -0.1) is 0 Å². The van der Waals surface area contributed by atoms with E-state index >= 15 is 0 Å². The number of thiocarbonyl (C=S) groups is 1. The Morgan fingerprint density at radius 3 is 2.53 bits per heavy atom. The first kappa shape index (κ1) is 13.5. The van der Waals surface area contributed by atoms with Crippen LogP contribution >= 0.6 is 24.2 Å². The van der Waals surface area contributed by atoms with E-state index in [4.69, 9.17) is 18.0 Å². The average Bonchev–Trinajstić information content (AvgIpc) is 2.29. The third kappa shape index (κ3) is 5.32. The van der Waals surface area contributed by atoms with Gasteiger partial charge in [0.2, 0.25) is 5.91 Å². The van der Waals surface area contributed by atoms with Gasteiger partial charge in [-0.1, -0.05) is 42.5 Å². The molecule has 0 aliphatic heterocycles. The summed E-state index contributed by atoms with van der Waals surface area (Å²) in [6, 6.07) is 8.49. The molecule has 0 aliphatic carbocycles. The van der Waals surface area contributed by atoms with Gasteiger partial charge in [0.15, 0.2) is 0 Å². The average molecular weight is 269 g/mol. The molecule has 0 bridgehead atoms. The predicted molar refractivity (Wildman–Crippen MR) is 71.5 cm³/mol. The monoisotopic (exact) mass is 269 g/mol. The van der Waals surface area contributed by atoms with Crippen LogP contribution in [0.1, 0.15) is 5.56 Å². The van der Waals surface area contributed by atoms with Gasteiger partial charge in [-0.3, -0.25) is 10.1 Å². The van der Waals surface area contributed by atoms with E-state index in [1.807, 2.05) is 35.6 Å². The van der Waals surface area contributed by atoms with Gasteiger partial charge < -0.3 is 10.5 Å². The minimum absolute atomic E-state index is 0.0515. The standard InChI is InChI=1S/C10H11N3O2S2/c11-10(15)12-8(14)6-17-13-9(16)7-4-2-1-3-5-7/h1-5H,6H2,(H,13,16)(H3,11,12,14,15). The second-order valence-electron chi connectivity index (χ2n) is 3.00. The summed E-state index contributed by atoms with van der Waals surface area (Å²) in [7, 11) is 0. The first-order chi connectivity index (χ1) is 8.09. The molecule has 0 spiro atoms. The number of hydrogen-bond donors (Lipinski definition) is 3. The zero-order valence-corrected chi connectivity index (χ0v) is 10.4. The molecule has 1 aromatic rings. The van der Waals surface area contributed by atoms with E-state index in [9.17, 15) is 9.59 Å². The van der Waals surface area contributed by atoms with E-state index < -0.39 is 11.9 Å². The number of urea groups is 1. The molecule has 0 atom stereocenters. The third-order valence-electron chi connectivity index (χ3n) is 1.67. The van der Waals surface area contributed by atoms with Crippen LogP contribution in [0.4, 0.5) is 4.79 Å². The number of rotatable bonds is 4. The van der Waals surface area contributed by atoms with Crippen molar-refractivity contribution < 1.29 is 9.59 Å². The molecule has 0 fully saturated rings. The van der Waals surface area contributed by atoms with Gasteiger partial charge in [-0.2, -0.15) is 0 Å². The fourth-order valence-electron chi connectivity index (χ4n) is 0.989. The maximum atomic E-state index is 11.1. The summed E-state index contributed by atoms with van der Waals surface area (Å²) >= 11 is 6.20.